The number of carbonyl (C=O) groups is 2. The molecule has 0 atom stereocenters. The first-order chi connectivity index (χ1) is 16.6. The molecule has 178 valence electrons. The summed E-state index contributed by atoms with van der Waals surface area (Å²) in [7, 11) is 1.64. The zero-order chi connectivity index (χ0) is 23.9. The second kappa shape index (κ2) is 11.3. The highest BCUT2D eigenvalue weighted by Gasteiger charge is 2.15. The van der Waals surface area contributed by atoms with Crippen LogP contribution < -0.4 is 15.4 Å². The van der Waals surface area contributed by atoms with Gasteiger partial charge in [-0.1, -0.05) is 13.0 Å². The molecule has 2 aromatic carbocycles. The topological polar surface area (TPSA) is 83.6 Å². The number of methoxy groups -OCH3 is 1. The van der Waals surface area contributed by atoms with Crippen LogP contribution in [-0.4, -0.2) is 55.0 Å². The van der Waals surface area contributed by atoms with Crippen LogP contribution in [0.3, 0.4) is 0 Å². The van der Waals surface area contributed by atoms with Crippen LogP contribution in [0.15, 0.2) is 47.8 Å². The monoisotopic (exact) mass is 478 g/mol. The predicted octanol–water partition coefficient (Wildman–Crippen LogP) is 4.46. The first-order valence-corrected chi connectivity index (χ1v) is 12.5. The van der Waals surface area contributed by atoms with Crippen LogP contribution in [0.2, 0.25) is 0 Å². The molecule has 0 aliphatic carbocycles. The average molecular weight is 479 g/mol. The summed E-state index contributed by atoms with van der Waals surface area (Å²) in [6.07, 6.45) is 3.39. The van der Waals surface area contributed by atoms with Crippen LogP contribution in [0.4, 0.5) is 5.13 Å². The van der Waals surface area contributed by atoms with Crippen molar-refractivity contribution in [2.75, 3.05) is 38.6 Å². The standard InChI is InChI=1S/C26H30N4O3S/c1-3-18-6-11-23(33-2)21(16-18)22-17-34-26(28-22)29-25(32)20-9-7-19(8-10-20)24(31)27-12-15-30-13-4-5-14-30/h6-11,16-17H,3-5,12-15H2,1-2H3,(H,27,31)(H,28,29,32). The lowest BCUT2D eigenvalue weighted by Crippen LogP contribution is -2.33. The predicted molar refractivity (Wildman–Crippen MR) is 136 cm³/mol. The molecule has 1 fully saturated rings. The van der Waals surface area contributed by atoms with Gasteiger partial charge in [0.1, 0.15) is 5.75 Å². The quantitative estimate of drug-likeness (QED) is 0.474. The number of hydrogen-bond acceptors (Lipinski definition) is 6. The van der Waals surface area contributed by atoms with Gasteiger partial charge in [0.25, 0.3) is 11.8 Å². The van der Waals surface area contributed by atoms with Crippen LogP contribution in [0, 0.1) is 0 Å². The summed E-state index contributed by atoms with van der Waals surface area (Å²) in [5.41, 5.74) is 3.86. The van der Waals surface area contributed by atoms with Crippen LogP contribution >= 0.6 is 11.3 Å². The van der Waals surface area contributed by atoms with Gasteiger partial charge in [-0.2, -0.15) is 0 Å². The Kier molecular flexibility index (Phi) is 7.92. The van der Waals surface area contributed by atoms with E-state index in [0.29, 0.717) is 22.8 Å². The summed E-state index contributed by atoms with van der Waals surface area (Å²) in [6, 6.07) is 12.7. The van der Waals surface area contributed by atoms with Crippen molar-refractivity contribution in [1.29, 1.82) is 0 Å². The number of ether oxygens (including phenoxy) is 1. The van der Waals surface area contributed by atoms with Gasteiger partial charge in [-0.3, -0.25) is 14.9 Å². The third kappa shape index (κ3) is 5.81. The summed E-state index contributed by atoms with van der Waals surface area (Å²) in [5.74, 6) is 0.352. The van der Waals surface area contributed by atoms with E-state index in [9.17, 15) is 9.59 Å². The molecule has 34 heavy (non-hydrogen) atoms. The number of aromatic nitrogens is 1. The van der Waals surface area contributed by atoms with Crippen LogP contribution in [0.5, 0.6) is 5.75 Å². The van der Waals surface area contributed by atoms with Crippen molar-refractivity contribution in [2.24, 2.45) is 0 Å². The summed E-state index contributed by atoms with van der Waals surface area (Å²) in [4.78, 5) is 32.0. The summed E-state index contributed by atoms with van der Waals surface area (Å²) >= 11 is 1.36. The number of nitrogens with zero attached hydrogens (tertiary/aromatic N) is 2. The maximum atomic E-state index is 12.7. The molecule has 2 amide bonds. The Labute approximate surface area is 204 Å². The number of rotatable bonds is 9. The first kappa shape index (κ1) is 23.9. The van der Waals surface area contributed by atoms with Crippen molar-refractivity contribution < 1.29 is 14.3 Å². The molecule has 1 aliphatic rings. The van der Waals surface area contributed by atoms with Gasteiger partial charge in [-0.15, -0.1) is 11.3 Å². The molecule has 1 aliphatic heterocycles. The van der Waals surface area contributed by atoms with E-state index < -0.39 is 0 Å². The fourth-order valence-electron chi connectivity index (χ4n) is 4.01. The van der Waals surface area contributed by atoms with Gasteiger partial charge in [-0.25, -0.2) is 4.98 Å². The van der Waals surface area contributed by atoms with E-state index in [1.165, 1.54) is 29.7 Å². The summed E-state index contributed by atoms with van der Waals surface area (Å²) in [6.45, 7) is 5.82. The van der Waals surface area contributed by atoms with Gasteiger partial charge in [-0.05, 0) is 74.3 Å². The van der Waals surface area contributed by atoms with E-state index >= 15 is 0 Å². The van der Waals surface area contributed by atoms with Gasteiger partial charge in [0, 0.05) is 35.2 Å². The van der Waals surface area contributed by atoms with Gasteiger partial charge >= 0.3 is 0 Å². The highest BCUT2D eigenvalue weighted by Crippen LogP contribution is 2.33. The van der Waals surface area contributed by atoms with Crippen LogP contribution in [-0.2, 0) is 6.42 Å². The number of nitrogens with one attached hydrogen (secondary N) is 2. The molecule has 2 N–H and O–H groups in total. The molecule has 0 saturated carbocycles. The number of thiazole rings is 1. The number of hydrogen-bond donors (Lipinski definition) is 2. The molecular weight excluding hydrogens is 448 g/mol. The number of likely N-dealkylation sites (tertiary alicyclic amines) is 1. The van der Waals surface area contributed by atoms with Crippen molar-refractivity contribution >= 4 is 28.3 Å². The minimum absolute atomic E-state index is 0.126. The minimum Gasteiger partial charge on any atom is -0.496 e. The van der Waals surface area contributed by atoms with E-state index in [2.05, 4.69) is 33.5 Å². The zero-order valence-corrected chi connectivity index (χ0v) is 20.4. The summed E-state index contributed by atoms with van der Waals surface area (Å²) < 4.78 is 5.48. The molecule has 0 bridgehead atoms. The first-order valence-electron chi connectivity index (χ1n) is 11.6. The van der Waals surface area contributed by atoms with Crippen LogP contribution in [0.1, 0.15) is 46.0 Å². The molecule has 3 aromatic rings. The van der Waals surface area contributed by atoms with E-state index in [-0.39, 0.29) is 11.8 Å². The van der Waals surface area contributed by atoms with Gasteiger partial charge in [0.2, 0.25) is 0 Å². The second-order valence-electron chi connectivity index (χ2n) is 8.26. The van der Waals surface area contributed by atoms with E-state index in [4.69, 9.17) is 4.74 Å². The normalized spacial score (nSPS) is 13.6. The largest absolute Gasteiger partial charge is 0.496 e. The van der Waals surface area contributed by atoms with Gasteiger partial charge in [0.05, 0.1) is 12.8 Å². The van der Waals surface area contributed by atoms with E-state index in [1.807, 2.05) is 17.5 Å². The molecule has 2 heterocycles. The number of amides is 2. The lowest BCUT2D eigenvalue weighted by atomic mass is 10.1. The molecule has 4 rings (SSSR count). The van der Waals surface area contributed by atoms with Crippen molar-refractivity contribution in [2.45, 2.75) is 26.2 Å². The van der Waals surface area contributed by atoms with Crippen molar-refractivity contribution in [3.63, 3.8) is 0 Å². The summed E-state index contributed by atoms with van der Waals surface area (Å²) in [5, 5.41) is 8.21. The number of anilines is 1. The van der Waals surface area contributed by atoms with Gasteiger partial charge < -0.3 is 15.0 Å². The Hall–Kier alpha value is -3.23. The molecule has 0 spiro atoms. The number of carbonyl (C=O) groups excluding carboxylic acids is 2. The average Bonchev–Trinajstić information content (AvgIpc) is 3.56. The highest BCUT2D eigenvalue weighted by atomic mass is 32.1. The van der Waals surface area contributed by atoms with E-state index in [0.717, 1.165) is 43.1 Å². The SMILES string of the molecule is CCc1ccc(OC)c(-c2csc(NC(=O)c3ccc(C(=O)NCCN4CCCC4)cc3)n2)c1. The lowest BCUT2D eigenvalue weighted by molar-refractivity contribution is 0.0948. The molecule has 1 saturated heterocycles. The highest BCUT2D eigenvalue weighted by molar-refractivity contribution is 7.14. The van der Waals surface area contributed by atoms with Crippen molar-refractivity contribution in [3.8, 4) is 17.0 Å². The maximum Gasteiger partial charge on any atom is 0.257 e. The molecular formula is C26H30N4O3S. The van der Waals surface area contributed by atoms with E-state index in [1.54, 1.807) is 31.4 Å². The fourth-order valence-corrected chi connectivity index (χ4v) is 4.71. The Morgan fingerprint density at radius 3 is 2.44 bits per heavy atom. The number of aryl methyl sites for hydroxylation is 1. The minimum atomic E-state index is -0.267. The molecule has 8 heteroatoms. The van der Waals surface area contributed by atoms with Gasteiger partial charge in [0.15, 0.2) is 5.13 Å². The molecule has 0 radical (unpaired) electrons. The Bertz CT molecular complexity index is 1140. The fraction of sp³-hybridized carbons (Fsp3) is 0.346. The zero-order valence-electron chi connectivity index (χ0n) is 19.6. The van der Waals surface area contributed by atoms with Crippen molar-refractivity contribution in [1.82, 2.24) is 15.2 Å². The third-order valence-corrected chi connectivity index (χ3v) is 6.75. The second-order valence-corrected chi connectivity index (χ2v) is 9.12. The Morgan fingerprint density at radius 1 is 1.06 bits per heavy atom. The van der Waals surface area contributed by atoms with Crippen LogP contribution in [0.25, 0.3) is 11.3 Å². The Morgan fingerprint density at radius 2 is 1.76 bits per heavy atom. The molecule has 7 nitrogen and oxygen atoms in total. The maximum absolute atomic E-state index is 12.7. The lowest BCUT2D eigenvalue weighted by Gasteiger charge is -2.14. The molecule has 1 aromatic heterocycles. The molecule has 0 unspecified atom stereocenters. The van der Waals surface area contributed by atoms with Crippen molar-refractivity contribution in [3.05, 3.63) is 64.5 Å². The third-order valence-electron chi connectivity index (χ3n) is 5.99. The number of benzene rings is 2. The Balaban J connectivity index is 1.35. The smallest absolute Gasteiger partial charge is 0.257 e.